The van der Waals surface area contributed by atoms with E-state index >= 15 is 0 Å². The van der Waals surface area contributed by atoms with Gasteiger partial charge in [0.25, 0.3) is 5.89 Å². The van der Waals surface area contributed by atoms with Crippen molar-refractivity contribution in [1.29, 1.82) is 0 Å². The zero-order valence-corrected chi connectivity index (χ0v) is 9.26. The van der Waals surface area contributed by atoms with E-state index in [0.29, 0.717) is 5.89 Å². The van der Waals surface area contributed by atoms with Crippen LogP contribution in [0.3, 0.4) is 0 Å². The molecule has 2 rings (SSSR count). The van der Waals surface area contributed by atoms with Crippen molar-refractivity contribution in [2.45, 2.75) is 26.2 Å². The molecule has 2 heterocycles. The molecule has 0 aliphatic carbocycles. The molecule has 74 valence electrons. The predicted octanol–water partition coefficient (Wildman–Crippen LogP) is 3.10. The molecule has 2 aromatic rings. The van der Waals surface area contributed by atoms with Crippen molar-refractivity contribution in [3.05, 3.63) is 23.3 Å². The van der Waals surface area contributed by atoms with Crippen LogP contribution in [0.5, 0.6) is 0 Å². The second kappa shape index (κ2) is 3.20. The van der Waals surface area contributed by atoms with E-state index in [-0.39, 0.29) is 5.41 Å². The smallest absolute Gasteiger partial charge is 0.268 e. The van der Waals surface area contributed by atoms with Gasteiger partial charge in [-0.2, -0.15) is 4.98 Å². The minimum atomic E-state index is -0.0565. The highest BCUT2D eigenvalue weighted by atomic mass is 32.1. The molecule has 4 heteroatoms. The Morgan fingerprint density at radius 2 is 2.14 bits per heavy atom. The van der Waals surface area contributed by atoms with Gasteiger partial charge in [0.15, 0.2) is 5.82 Å². The molecule has 0 saturated heterocycles. The van der Waals surface area contributed by atoms with Crippen LogP contribution in [0.25, 0.3) is 10.8 Å². The number of nitrogens with zero attached hydrogens (tertiary/aromatic N) is 2. The van der Waals surface area contributed by atoms with Gasteiger partial charge in [0.2, 0.25) is 0 Å². The van der Waals surface area contributed by atoms with Crippen LogP contribution in [-0.2, 0) is 5.41 Å². The molecular formula is C10H12N2OS. The van der Waals surface area contributed by atoms with E-state index < -0.39 is 0 Å². The molecule has 0 fully saturated rings. The van der Waals surface area contributed by atoms with E-state index in [1.807, 2.05) is 17.5 Å². The maximum Gasteiger partial charge on any atom is 0.268 e. The second-order valence-electron chi connectivity index (χ2n) is 4.15. The van der Waals surface area contributed by atoms with Crippen LogP contribution in [-0.4, -0.2) is 10.1 Å². The number of thiophene rings is 1. The Balaban J connectivity index is 2.36. The van der Waals surface area contributed by atoms with Crippen molar-refractivity contribution >= 4 is 11.3 Å². The summed E-state index contributed by atoms with van der Waals surface area (Å²) in [6.45, 7) is 6.20. The lowest BCUT2D eigenvalue weighted by atomic mass is 9.96. The molecule has 0 N–H and O–H groups in total. The summed E-state index contributed by atoms with van der Waals surface area (Å²) in [6.07, 6.45) is 0. The Labute approximate surface area is 86.8 Å². The molecule has 3 nitrogen and oxygen atoms in total. The van der Waals surface area contributed by atoms with Crippen molar-refractivity contribution in [3.63, 3.8) is 0 Å². The summed E-state index contributed by atoms with van der Waals surface area (Å²) in [7, 11) is 0. The SMILES string of the molecule is CC(C)(C)c1noc(-c2cccs2)n1. The topological polar surface area (TPSA) is 38.9 Å². The Hall–Kier alpha value is -1.16. The van der Waals surface area contributed by atoms with Crippen molar-refractivity contribution in [1.82, 2.24) is 10.1 Å². The van der Waals surface area contributed by atoms with Gasteiger partial charge in [0.05, 0.1) is 4.88 Å². The van der Waals surface area contributed by atoms with Crippen molar-refractivity contribution in [3.8, 4) is 10.8 Å². The third kappa shape index (κ3) is 1.70. The van der Waals surface area contributed by atoms with Crippen LogP contribution in [0.4, 0.5) is 0 Å². The minimum Gasteiger partial charge on any atom is -0.333 e. The number of hydrogen-bond acceptors (Lipinski definition) is 4. The molecule has 0 amide bonds. The fraction of sp³-hybridized carbons (Fsp3) is 0.400. The first-order chi connectivity index (χ1) is 6.57. The molecule has 0 aromatic carbocycles. The molecule has 2 aromatic heterocycles. The van der Waals surface area contributed by atoms with Gasteiger partial charge in [-0.1, -0.05) is 32.0 Å². The Kier molecular flexibility index (Phi) is 2.15. The van der Waals surface area contributed by atoms with Crippen molar-refractivity contribution < 1.29 is 4.52 Å². The molecule has 0 aliphatic rings. The molecule has 14 heavy (non-hydrogen) atoms. The summed E-state index contributed by atoms with van der Waals surface area (Å²) in [4.78, 5) is 5.38. The Bertz CT molecular complexity index is 412. The monoisotopic (exact) mass is 208 g/mol. The van der Waals surface area contributed by atoms with Crippen LogP contribution in [0.1, 0.15) is 26.6 Å². The van der Waals surface area contributed by atoms with Gasteiger partial charge >= 0.3 is 0 Å². The molecule has 0 bridgehead atoms. The van der Waals surface area contributed by atoms with Crippen LogP contribution >= 0.6 is 11.3 Å². The zero-order chi connectivity index (χ0) is 10.2. The van der Waals surface area contributed by atoms with E-state index in [1.165, 1.54) is 0 Å². The predicted molar refractivity (Wildman–Crippen MR) is 56.3 cm³/mol. The van der Waals surface area contributed by atoms with Gasteiger partial charge < -0.3 is 4.52 Å². The van der Waals surface area contributed by atoms with Crippen molar-refractivity contribution in [2.75, 3.05) is 0 Å². The maximum atomic E-state index is 5.18. The normalized spacial score (nSPS) is 11.9. The highest BCUT2D eigenvalue weighted by molar-refractivity contribution is 7.13. The van der Waals surface area contributed by atoms with Gasteiger partial charge in [0.1, 0.15) is 0 Å². The van der Waals surface area contributed by atoms with Crippen LogP contribution < -0.4 is 0 Å². The fourth-order valence-corrected chi connectivity index (χ4v) is 1.67. The lowest BCUT2D eigenvalue weighted by Gasteiger charge is -2.10. The minimum absolute atomic E-state index is 0.0565. The van der Waals surface area contributed by atoms with Gasteiger partial charge in [-0.3, -0.25) is 0 Å². The molecule has 0 aliphatic heterocycles. The van der Waals surface area contributed by atoms with Crippen molar-refractivity contribution in [2.24, 2.45) is 0 Å². The number of hydrogen-bond donors (Lipinski definition) is 0. The van der Waals surface area contributed by atoms with Gasteiger partial charge in [-0.15, -0.1) is 11.3 Å². The summed E-state index contributed by atoms with van der Waals surface area (Å²) >= 11 is 1.60. The van der Waals surface area contributed by atoms with E-state index in [0.717, 1.165) is 10.7 Å². The quantitative estimate of drug-likeness (QED) is 0.722. The van der Waals surface area contributed by atoms with E-state index in [9.17, 15) is 0 Å². The van der Waals surface area contributed by atoms with Gasteiger partial charge in [0, 0.05) is 5.41 Å². The molecule has 0 saturated carbocycles. The Morgan fingerprint density at radius 3 is 2.64 bits per heavy atom. The molecular weight excluding hydrogens is 196 g/mol. The molecule has 0 unspecified atom stereocenters. The lowest BCUT2D eigenvalue weighted by Crippen LogP contribution is -2.13. The summed E-state index contributed by atoms with van der Waals surface area (Å²) in [6, 6.07) is 3.95. The largest absolute Gasteiger partial charge is 0.333 e. The first-order valence-corrected chi connectivity index (χ1v) is 5.33. The van der Waals surface area contributed by atoms with Gasteiger partial charge in [-0.25, -0.2) is 0 Å². The standard InChI is InChI=1S/C10H12N2OS/c1-10(2,3)9-11-8(13-12-9)7-5-4-6-14-7/h4-6H,1-3H3. The summed E-state index contributed by atoms with van der Waals surface area (Å²) in [5.74, 6) is 1.37. The molecule has 0 radical (unpaired) electrons. The lowest BCUT2D eigenvalue weighted by molar-refractivity contribution is 0.403. The van der Waals surface area contributed by atoms with Crippen LogP contribution in [0.15, 0.2) is 22.0 Å². The fourth-order valence-electron chi connectivity index (χ4n) is 1.03. The summed E-state index contributed by atoms with van der Waals surface area (Å²) in [5, 5.41) is 5.96. The number of aromatic nitrogens is 2. The molecule has 0 spiro atoms. The summed E-state index contributed by atoms with van der Waals surface area (Å²) < 4.78 is 5.18. The Morgan fingerprint density at radius 1 is 1.36 bits per heavy atom. The zero-order valence-electron chi connectivity index (χ0n) is 8.44. The second-order valence-corrected chi connectivity index (χ2v) is 5.10. The van der Waals surface area contributed by atoms with Gasteiger partial charge in [-0.05, 0) is 11.4 Å². The first-order valence-electron chi connectivity index (χ1n) is 4.45. The number of rotatable bonds is 1. The van der Waals surface area contributed by atoms with Crippen LogP contribution in [0, 0.1) is 0 Å². The van der Waals surface area contributed by atoms with E-state index in [1.54, 1.807) is 11.3 Å². The third-order valence-corrected chi connectivity index (χ3v) is 2.69. The average molecular weight is 208 g/mol. The maximum absolute atomic E-state index is 5.18. The molecule has 0 atom stereocenters. The highest BCUT2D eigenvalue weighted by Gasteiger charge is 2.21. The van der Waals surface area contributed by atoms with E-state index in [4.69, 9.17) is 4.52 Å². The summed E-state index contributed by atoms with van der Waals surface area (Å²) in [5.41, 5.74) is -0.0565. The van der Waals surface area contributed by atoms with Crippen LogP contribution in [0.2, 0.25) is 0 Å². The first kappa shape index (κ1) is 9.40. The average Bonchev–Trinajstić information content (AvgIpc) is 2.73. The third-order valence-electron chi connectivity index (χ3n) is 1.83. The highest BCUT2D eigenvalue weighted by Crippen LogP contribution is 2.26. The van der Waals surface area contributed by atoms with E-state index in [2.05, 4.69) is 30.9 Å².